The summed E-state index contributed by atoms with van der Waals surface area (Å²) in [5.41, 5.74) is 5.40. The van der Waals surface area contributed by atoms with Crippen LogP contribution >= 0.6 is 47.8 Å². The highest BCUT2D eigenvalue weighted by Crippen LogP contribution is 2.26. The number of ether oxygens (including phenoxy) is 1. The third-order valence-electron chi connectivity index (χ3n) is 3.94. The van der Waals surface area contributed by atoms with Crippen LogP contribution in [0.2, 0.25) is 0 Å². The van der Waals surface area contributed by atoms with E-state index in [0.29, 0.717) is 6.61 Å². The van der Waals surface area contributed by atoms with Gasteiger partial charge in [0.2, 0.25) is 5.91 Å². The van der Waals surface area contributed by atoms with Gasteiger partial charge in [-0.1, -0.05) is 56.1 Å². The van der Waals surface area contributed by atoms with Gasteiger partial charge in [0.25, 0.3) is 0 Å². The average molecular weight is 581 g/mol. The van der Waals surface area contributed by atoms with Gasteiger partial charge in [-0.2, -0.15) is 5.10 Å². The Balaban J connectivity index is 1.51. The van der Waals surface area contributed by atoms with Crippen LogP contribution in [-0.4, -0.2) is 12.1 Å². The van der Waals surface area contributed by atoms with Gasteiger partial charge in [-0.25, -0.2) is 5.43 Å². The molecule has 0 saturated carbocycles. The lowest BCUT2D eigenvalue weighted by Crippen LogP contribution is -2.19. The number of hydrazone groups is 1. The summed E-state index contributed by atoms with van der Waals surface area (Å²) in [6.07, 6.45) is 1.87. The molecule has 0 spiro atoms. The fourth-order valence-electron chi connectivity index (χ4n) is 2.46. The molecule has 0 atom stereocenters. The van der Waals surface area contributed by atoms with E-state index in [1.165, 1.54) is 0 Å². The van der Waals surface area contributed by atoms with Crippen molar-refractivity contribution in [2.24, 2.45) is 5.10 Å². The zero-order valence-electron chi connectivity index (χ0n) is 15.2. The first-order valence-corrected chi connectivity index (χ1v) is 11.1. The van der Waals surface area contributed by atoms with Crippen molar-refractivity contribution in [1.29, 1.82) is 0 Å². The van der Waals surface area contributed by atoms with E-state index >= 15 is 0 Å². The minimum Gasteiger partial charge on any atom is -0.488 e. The molecule has 3 rings (SSSR count). The maximum absolute atomic E-state index is 12.0. The van der Waals surface area contributed by atoms with E-state index in [4.69, 9.17) is 4.74 Å². The average Bonchev–Trinajstić information content (AvgIpc) is 2.70. The van der Waals surface area contributed by atoms with Crippen molar-refractivity contribution in [3.8, 4) is 5.75 Å². The Kier molecular flexibility index (Phi) is 8.03. The molecule has 0 radical (unpaired) electrons. The molecule has 3 aromatic rings. The largest absolute Gasteiger partial charge is 0.488 e. The van der Waals surface area contributed by atoms with Crippen LogP contribution in [0.5, 0.6) is 5.75 Å². The Labute approximate surface area is 194 Å². The van der Waals surface area contributed by atoms with Crippen LogP contribution in [0, 0.1) is 0 Å². The summed E-state index contributed by atoms with van der Waals surface area (Å²) in [5, 5.41) is 4.03. The van der Waals surface area contributed by atoms with Gasteiger partial charge in [0, 0.05) is 8.95 Å². The van der Waals surface area contributed by atoms with Crippen LogP contribution in [0.4, 0.5) is 0 Å². The SMILES string of the molecule is O=C(Cc1ccc(Br)cc1)N/N=C\c1ccc(OCc2ccc(Br)cc2)c(Br)c1. The Morgan fingerprint density at radius 3 is 2.14 bits per heavy atom. The van der Waals surface area contributed by atoms with E-state index in [1.807, 2.05) is 66.7 Å². The molecule has 1 N–H and O–H groups in total. The predicted molar refractivity (Wildman–Crippen MR) is 126 cm³/mol. The monoisotopic (exact) mass is 578 g/mol. The second kappa shape index (κ2) is 10.7. The van der Waals surface area contributed by atoms with Crippen LogP contribution in [0.1, 0.15) is 16.7 Å². The maximum Gasteiger partial charge on any atom is 0.244 e. The van der Waals surface area contributed by atoms with Gasteiger partial charge in [-0.15, -0.1) is 0 Å². The summed E-state index contributed by atoms with van der Waals surface area (Å²) < 4.78 is 8.69. The van der Waals surface area contributed by atoms with Crippen LogP contribution in [0.3, 0.4) is 0 Å². The standard InChI is InChI=1S/C22H17Br3N2O2/c23-18-6-1-15(2-7-18)12-22(28)27-26-13-17-5-10-21(20(25)11-17)29-14-16-3-8-19(24)9-4-16/h1-11,13H,12,14H2,(H,27,28)/b26-13-. The predicted octanol–water partition coefficient (Wildman–Crippen LogP) is 6.25. The summed E-state index contributed by atoms with van der Waals surface area (Å²) >= 11 is 10.3. The second-order valence-corrected chi connectivity index (χ2v) is 8.89. The van der Waals surface area contributed by atoms with Gasteiger partial charge in [0.1, 0.15) is 12.4 Å². The number of halogens is 3. The van der Waals surface area contributed by atoms with Crippen LogP contribution < -0.4 is 10.2 Å². The Morgan fingerprint density at radius 1 is 0.897 bits per heavy atom. The minimum atomic E-state index is -0.169. The third-order valence-corrected chi connectivity index (χ3v) is 5.62. The second-order valence-electron chi connectivity index (χ2n) is 6.20. The van der Waals surface area contributed by atoms with Crippen molar-refractivity contribution in [1.82, 2.24) is 5.43 Å². The van der Waals surface area contributed by atoms with E-state index in [9.17, 15) is 4.79 Å². The molecule has 29 heavy (non-hydrogen) atoms. The summed E-state index contributed by atoms with van der Waals surface area (Å²) in [6, 6.07) is 21.2. The normalized spacial score (nSPS) is 10.9. The van der Waals surface area contributed by atoms with E-state index in [1.54, 1.807) is 6.21 Å². The Bertz CT molecular complexity index is 1000. The molecule has 148 valence electrons. The van der Waals surface area contributed by atoms with Crippen molar-refractivity contribution < 1.29 is 9.53 Å². The number of nitrogens with one attached hydrogen (secondary N) is 1. The fourth-order valence-corrected chi connectivity index (χ4v) is 3.50. The van der Waals surface area contributed by atoms with Gasteiger partial charge < -0.3 is 4.74 Å². The van der Waals surface area contributed by atoms with Crippen molar-refractivity contribution in [3.63, 3.8) is 0 Å². The first-order chi connectivity index (χ1) is 14.0. The van der Waals surface area contributed by atoms with E-state index in [2.05, 4.69) is 58.3 Å². The fraction of sp³-hybridized carbons (Fsp3) is 0.0909. The Hall–Kier alpha value is -1.96. The first-order valence-electron chi connectivity index (χ1n) is 8.73. The van der Waals surface area contributed by atoms with Crippen LogP contribution in [0.25, 0.3) is 0 Å². The molecule has 0 unspecified atom stereocenters. The lowest BCUT2D eigenvalue weighted by Gasteiger charge is -2.09. The molecule has 0 saturated heterocycles. The molecule has 0 aliphatic carbocycles. The van der Waals surface area contributed by atoms with Crippen molar-refractivity contribution in [2.45, 2.75) is 13.0 Å². The molecule has 0 aromatic heterocycles. The highest BCUT2D eigenvalue weighted by molar-refractivity contribution is 9.11. The van der Waals surface area contributed by atoms with E-state index in [0.717, 1.165) is 35.9 Å². The van der Waals surface area contributed by atoms with Gasteiger partial charge in [0.05, 0.1) is 17.1 Å². The number of benzene rings is 3. The first kappa shape index (κ1) is 21.7. The lowest BCUT2D eigenvalue weighted by molar-refractivity contribution is -0.120. The van der Waals surface area contributed by atoms with Crippen molar-refractivity contribution in [2.75, 3.05) is 0 Å². The summed E-state index contributed by atoms with van der Waals surface area (Å²) in [6.45, 7) is 0.478. The Morgan fingerprint density at radius 2 is 1.52 bits per heavy atom. The molecule has 0 aliphatic heterocycles. The smallest absolute Gasteiger partial charge is 0.244 e. The topological polar surface area (TPSA) is 50.7 Å². The molecule has 0 fully saturated rings. The van der Waals surface area contributed by atoms with Crippen molar-refractivity contribution in [3.05, 3.63) is 96.8 Å². The molecular weight excluding hydrogens is 564 g/mol. The molecule has 0 heterocycles. The summed E-state index contributed by atoms with van der Waals surface area (Å²) in [7, 11) is 0. The zero-order valence-corrected chi connectivity index (χ0v) is 20.0. The molecule has 7 heteroatoms. The van der Waals surface area contributed by atoms with Crippen LogP contribution in [-0.2, 0) is 17.8 Å². The number of hydrogen-bond donors (Lipinski definition) is 1. The number of nitrogens with zero attached hydrogens (tertiary/aromatic N) is 1. The molecule has 4 nitrogen and oxygen atoms in total. The minimum absolute atomic E-state index is 0.169. The highest BCUT2D eigenvalue weighted by Gasteiger charge is 2.04. The van der Waals surface area contributed by atoms with E-state index < -0.39 is 0 Å². The van der Waals surface area contributed by atoms with Crippen molar-refractivity contribution >= 4 is 59.9 Å². The highest BCUT2D eigenvalue weighted by atomic mass is 79.9. The molecule has 0 aliphatic rings. The molecule has 3 aromatic carbocycles. The van der Waals surface area contributed by atoms with E-state index in [-0.39, 0.29) is 12.3 Å². The number of carbonyl (C=O) groups excluding carboxylic acids is 1. The number of carbonyl (C=O) groups is 1. The number of rotatable bonds is 7. The molecule has 1 amide bonds. The van der Waals surface area contributed by atoms with Gasteiger partial charge in [-0.3, -0.25) is 4.79 Å². The zero-order chi connectivity index (χ0) is 20.6. The van der Waals surface area contributed by atoms with Gasteiger partial charge >= 0.3 is 0 Å². The lowest BCUT2D eigenvalue weighted by atomic mass is 10.1. The summed E-state index contributed by atoms with van der Waals surface area (Å²) in [5.74, 6) is 0.571. The number of amides is 1. The van der Waals surface area contributed by atoms with Gasteiger partial charge in [-0.05, 0) is 75.1 Å². The van der Waals surface area contributed by atoms with Gasteiger partial charge in [0.15, 0.2) is 0 Å². The third kappa shape index (κ3) is 7.10. The molecule has 0 bridgehead atoms. The van der Waals surface area contributed by atoms with Crippen LogP contribution in [0.15, 0.2) is 85.2 Å². The maximum atomic E-state index is 12.0. The summed E-state index contributed by atoms with van der Waals surface area (Å²) in [4.78, 5) is 12.0. The number of hydrogen-bond acceptors (Lipinski definition) is 3. The quantitative estimate of drug-likeness (QED) is 0.265. The molecular formula is C22H17Br3N2O2.